The molecule has 0 fully saturated rings. The summed E-state index contributed by atoms with van der Waals surface area (Å²) in [6.07, 6.45) is 1.80. The Kier molecular flexibility index (Phi) is 3.05. The first kappa shape index (κ1) is 11.7. The van der Waals surface area contributed by atoms with Crippen molar-refractivity contribution in [2.24, 2.45) is 0 Å². The second-order valence-corrected chi connectivity index (χ2v) is 6.29. The molecule has 92 valence electrons. The van der Waals surface area contributed by atoms with Gasteiger partial charge in [0.2, 0.25) is 0 Å². The van der Waals surface area contributed by atoms with Crippen molar-refractivity contribution >= 4 is 38.3 Å². The summed E-state index contributed by atoms with van der Waals surface area (Å²) < 4.78 is 6.48. The van der Waals surface area contributed by atoms with E-state index < -0.39 is 6.10 Å². The topological polar surface area (TPSA) is 51.2 Å². The van der Waals surface area contributed by atoms with Gasteiger partial charge in [-0.15, -0.1) is 0 Å². The zero-order chi connectivity index (χ0) is 12.5. The molecule has 3 rings (SSSR count). The predicted molar refractivity (Wildman–Crippen MR) is 73.0 cm³/mol. The molecular formula is C12H9BrN2O2S. The maximum Gasteiger partial charge on any atom is 0.267 e. The predicted octanol–water partition coefficient (Wildman–Crippen LogP) is 2.85. The van der Waals surface area contributed by atoms with Crippen molar-refractivity contribution < 1.29 is 9.53 Å². The molecule has 1 atom stereocenters. The Balaban J connectivity index is 1.69. The van der Waals surface area contributed by atoms with Crippen LogP contribution in [0.2, 0.25) is 0 Å². The number of para-hydroxylation sites is 1. The van der Waals surface area contributed by atoms with Gasteiger partial charge in [0.1, 0.15) is 5.75 Å². The Labute approximate surface area is 116 Å². The summed E-state index contributed by atoms with van der Waals surface area (Å²) in [5.41, 5.74) is 1.07. The summed E-state index contributed by atoms with van der Waals surface area (Å²) in [6.45, 7) is 0. The molecule has 1 N–H and O–H groups in total. The van der Waals surface area contributed by atoms with Crippen LogP contribution < -0.4 is 10.1 Å². The molecule has 0 bridgehead atoms. The van der Waals surface area contributed by atoms with E-state index in [9.17, 15) is 4.79 Å². The summed E-state index contributed by atoms with van der Waals surface area (Å²) in [4.78, 5) is 16.1. The lowest BCUT2D eigenvalue weighted by atomic mass is 10.1. The average molecular weight is 325 g/mol. The molecule has 0 radical (unpaired) electrons. The molecule has 6 heteroatoms. The van der Waals surface area contributed by atoms with Crippen molar-refractivity contribution in [1.29, 1.82) is 0 Å². The molecule has 0 aliphatic carbocycles. The molecule has 1 aromatic carbocycles. The molecule has 0 spiro atoms. The van der Waals surface area contributed by atoms with Crippen molar-refractivity contribution in [1.82, 2.24) is 4.98 Å². The van der Waals surface area contributed by atoms with Crippen LogP contribution in [0.4, 0.5) is 5.13 Å². The van der Waals surface area contributed by atoms with E-state index in [1.54, 1.807) is 6.20 Å². The van der Waals surface area contributed by atoms with Gasteiger partial charge in [-0.05, 0) is 27.6 Å². The van der Waals surface area contributed by atoms with Crippen LogP contribution in [0.5, 0.6) is 5.75 Å². The first-order valence-electron chi connectivity index (χ1n) is 5.39. The number of carbonyl (C=O) groups excluding carboxylic acids is 1. The van der Waals surface area contributed by atoms with E-state index in [1.807, 2.05) is 24.3 Å². The summed E-state index contributed by atoms with van der Waals surface area (Å²) >= 11 is 4.68. The Hall–Kier alpha value is -1.40. The van der Waals surface area contributed by atoms with E-state index in [1.165, 1.54) is 11.3 Å². The maximum absolute atomic E-state index is 12.0. The van der Waals surface area contributed by atoms with Gasteiger partial charge >= 0.3 is 0 Å². The number of benzene rings is 1. The molecule has 1 aliphatic heterocycles. The number of thiazole rings is 1. The third-order valence-corrected chi connectivity index (χ3v) is 4.04. The van der Waals surface area contributed by atoms with Crippen molar-refractivity contribution in [3.8, 4) is 5.75 Å². The van der Waals surface area contributed by atoms with Crippen LogP contribution in [-0.4, -0.2) is 17.0 Å². The third-order valence-electron chi connectivity index (χ3n) is 2.65. The van der Waals surface area contributed by atoms with E-state index in [0.29, 0.717) is 11.6 Å². The summed E-state index contributed by atoms with van der Waals surface area (Å²) in [6, 6.07) is 7.70. The molecule has 0 saturated carbocycles. The van der Waals surface area contributed by atoms with Crippen LogP contribution in [0, 0.1) is 0 Å². The second kappa shape index (κ2) is 4.70. The highest BCUT2D eigenvalue weighted by molar-refractivity contribution is 9.11. The van der Waals surface area contributed by atoms with Crippen LogP contribution in [0.15, 0.2) is 34.2 Å². The molecule has 2 heterocycles. The van der Waals surface area contributed by atoms with Gasteiger partial charge in [-0.2, -0.15) is 0 Å². The van der Waals surface area contributed by atoms with E-state index in [2.05, 4.69) is 26.2 Å². The molecule has 1 aromatic heterocycles. The smallest absolute Gasteiger partial charge is 0.267 e. The zero-order valence-electron chi connectivity index (χ0n) is 9.22. The molecule has 0 saturated heterocycles. The minimum absolute atomic E-state index is 0.159. The molecule has 4 nitrogen and oxygen atoms in total. The molecule has 1 unspecified atom stereocenters. The fourth-order valence-electron chi connectivity index (χ4n) is 1.83. The van der Waals surface area contributed by atoms with Gasteiger partial charge in [0.25, 0.3) is 5.91 Å². The quantitative estimate of drug-likeness (QED) is 0.924. The lowest BCUT2D eigenvalue weighted by Crippen LogP contribution is -2.31. The number of nitrogens with zero attached hydrogens (tertiary/aromatic N) is 1. The lowest BCUT2D eigenvalue weighted by molar-refractivity contribution is -0.122. The molecule has 2 aromatic rings. The van der Waals surface area contributed by atoms with Gasteiger partial charge in [-0.25, -0.2) is 4.98 Å². The lowest BCUT2D eigenvalue weighted by Gasteiger charge is -2.09. The molecule has 18 heavy (non-hydrogen) atoms. The largest absolute Gasteiger partial charge is 0.480 e. The minimum atomic E-state index is -0.468. The van der Waals surface area contributed by atoms with Crippen molar-refractivity contribution in [2.75, 3.05) is 5.32 Å². The number of nitrogens with one attached hydrogen (secondary N) is 1. The fraction of sp³-hybridized carbons (Fsp3) is 0.167. The molecule has 1 aliphatic rings. The average Bonchev–Trinajstić information content (AvgIpc) is 2.95. The number of fused-ring (bicyclic) bond motifs is 1. The van der Waals surface area contributed by atoms with Gasteiger partial charge < -0.3 is 4.74 Å². The molecule has 1 amide bonds. The van der Waals surface area contributed by atoms with E-state index in [0.717, 1.165) is 15.1 Å². The number of anilines is 1. The Bertz CT molecular complexity index is 574. The number of hydrogen-bond acceptors (Lipinski definition) is 4. The first-order valence-corrected chi connectivity index (χ1v) is 7.00. The highest BCUT2D eigenvalue weighted by Crippen LogP contribution is 2.29. The Morgan fingerprint density at radius 1 is 1.50 bits per heavy atom. The van der Waals surface area contributed by atoms with Crippen LogP contribution in [-0.2, 0) is 11.2 Å². The third kappa shape index (κ3) is 2.26. The zero-order valence-corrected chi connectivity index (χ0v) is 11.6. The standard InChI is InChI=1S/C12H9BrN2O2S/c13-10-6-14-12(18-10)15-11(16)9-5-7-3-1-2-4-8(7)17-9/h1-4,6,9H,5H2,(H,14,15,16). The number of carbonyl (C=O) groups is 1. The Morgan fingerprint density at radius 3 is 3.06 bits per heavy atom. The number of amides is 1. The van der Waals surface area contributed by atoms with E-state index >= 15 is 0 Å². The SMILES string of the molecule is O=C(Nc1ncc(Br)s1)C1Cc2ccccc2O1. The minimum Gasteiger partial charge on any atom is -0.480 e. The maximum atomic E-state index is 12.0. The Morgan fingerprint density at radius 2 is 2.33 bits per heavy atom. The number of rotatable bonds is 2. The first-order chi connectivity index (χ1) is 8.72. The number of ether oxygens (including phenoxy) is 1. The van der Waals surface area contributed by atoms with E-state index in [-0.39, 0.29) is 5.91 Å². The summed E-state index contributed by atoms with van der Waals surface area (Å²) in [5, 5.41) is 3.33. The fourth-order valence-corrected chi connectivity index (χ4v) is 2.94. The highest BCUT2D eigenvalue weighted by Gasteiger charge is 2.29. The van der Waals surface area contributed by atoms with E-state index in [4.69, 9.17) is 4.74 Å². The van der Waals surface area contributed by atoms with Gasteiger partial charge in [0.05, 0.1) is 9.98 Å². The number of aromatic nitrogens is 1. The van der Waals surface area contributed by atoms with Gasteiger partial charge in [-0.3, -0.25) is 10.1 Å². The normalized spacial score (nSPS) is 17.1. The second-order valence-electron chi connectivity index (χ2n) is 3.88. The summed E-state index contributed by atoms with van der Waals surface area (Å²) in [5.74, 6) is 0.631. The van der Waals surface area contributed by atoms with Gasteiger partial charge in [0, 0.05) is 6.42 Å². The van der Waals surface area contributed by atoms with Gasteiger partial charge in [-0.1, -0.05) is 29.5 Å². The van der Waals surface area contributed by atoms with Crippen molar-refractivity contribution in [2.45, 2.75) is 12.5 Å². The van der Waals surface area contributed by atoms with Crippen LogP contribution in [0.3, 0.4) is 0 Å². The van der Waals surface area contributed by atoms with Crippen molar-refractivity contribution in [3.63, 3.8) is 0 Å². The number of hydrogen-bond donors (Lipinski definition) is 1. The van der Waals surface area contributed by atoms with Crippen LogP contribution in [0.25, 0.3) is 0 Å². The number of halogens is 1. The van der Waals surface area contributed by atoms with Crippen LogP contribution in [0.1, 0.15) is 5.56 Å². The molecular weight excluding hydrogens is 316 g/mol. The monoisotopic (exact) mass is 324 g/mol. The van der Waals surface area contributed by atoms with Gasteiger partial charge in [0.15, 0.2) is 11.2 Å². The van der Waals surface area contributed by atoms with Crippen LogP contribution >= 0.6 is 27.3 Å². The summed E-state index contributed by atoms with van der Waals surface area (Å²) in [7, 11) is 0. The highest BCUT2D eigenvalue weighted by atomic mass is 79.9. The van der Waals surface area contributed by atoms with Crippen molar-refractivity contribution in [3.05, 3.63) is 39.8 Å².